The smallest absolute Gasteiger partial charge is 0.145 e. The Morgan fingerprint density at radius 2 is 2.00 bits per heavy atom. The molecule has 9 heteroatoms. The fraction of sp³-hybridized carbons (Fsp3) is 0.292. The van der Waals surface area contributed by atoms with E-state index in [1.54, 1.807) is 18.3 Å². The fourth-order valence-corrected chi connectivity index (χ4v) is 5.02. The number of aliphatic hydroxyl groups is 2. The minimum absolute atomic E-state index is 0.280. The van der Waals surface area contributed by atoms with Crippen LogP contribution in [-0.2, 0) is 6.42 Å². The summed E-state index contributed by atoms with van der Waals surface area (Å²) in [5, 5.41) is 24.0. The summed E-state index contributed by atoms with van der Waals surface area (Å²) in [6, 6.07) is 9.01. The van der Waals surface area contributed by atoms with E-state index in [9.17, 15) is 10.2 Å². The average Bonchev–Trinajstić information content (AvgIpc) is 3.34. The molecule has 6 N–H and O–H groups in total. The van der Waals surface area contributed by atoms with Crippen LogP contribution < -0.4 is 11.5 Å². The summed E-state index contributed by atoms with van der Waals surface area (Å²) in [5.74, 6) is 3.44. The zero-order valence-electron chi connectivity index (χ0n) is 17.7. The Hall–Kier alpha value is -3.38. The maximum atomic E-state index is 11.0. The van der Waals surface area contributed by atoms with Crippen LogP contribution in [0.3, 0.4) is 0 Å². The standard InChI is InChI=1S/C24H23ClN6O2/c1-2-24(7-5-13-3-4-14-10-16(25)22(27)30-17(14)9-13)11-18(19(32)20(24)33)31-8-6-15-21(26)28-12-29-23(15)31/h1,3-4,6,8-10,12,18-20,32-33H,5,7,11H2,(H2,27,30)(H2,26,28,29)/t18-,19+,20+,24+/m1/s1. The van der Waals surface area contributed by atoms with Crippen LogP contribution in [0.5, 0.6) is 0 Å². The van der Waals surface area contributed by atoms with Crippen LogP contribution in [0.2, 0.25) is 5.02 Å². The number of nitrogens with two attached hydrogens (primary N) is 2. The van der Waals surface area contributed by atoms with Gasteiger partial charge in [0.25, 0.3) is 0 Å². The Morgan fingerprint density at radius 3 is 2.79 bits per heavy atom. The molecule has 0 amide bonds. The summed E-state index contributed by atoms with van der Waals surface area (Å²) in [5.41, 5.74) is 13.2. The summed E-state index contributed by atoms with van der Waals surface area (Å²) in [6.45, 7) is 0. The van der Waals surface area contributed by atoms with Crippen molar-refractivity contribution in [3.8, 4) is 12.3 Å². The molecule has 0 bridgehead atoms. The van der Waals surface area contributed by atoms with E-state index in [1.165, 1.54) is 6.33 Å². The molecule has 4 aromatic rings. The van der Waals surface area contributed by atoms with Gasteiger partial charge in [0.15, 0.2) is 0 Å². The summed E-state index contributed by atoms with van der Waals surface area (Å²) in [7, 11) is 0. The van der Waals surface area contributed by atoms with E-state index >= 15 is 0 Å². The van der Waals surface area contributed by atoms with E-state index in [0.29, 0.717) is 41.1 Å². The van der Waals surface area contributed by atoms with E-state index in [4.69, 9.17) is 29.5 Å². The lowest BCUT2D eigenvalue weighted by atomic mass is 9.79. The summed E-state index contributed by atoms with van der Waals surface area (Å²) in [6.07, 6.45) is 8.48. The number of rotatable bonds is 4. The lowest BCUT2D eigenvalue weighted by molar-refractivity contribution is -0.0115. The lowest BCUT2D eigenvalue weighted by Crippen LogP contribution is -2.36. The number of halogens is 1. The van der Waals surface area contributed by atoms with Crippen molar-refractivity contribution in [3.05, 3.63) is 53.4 Å². The second kappa shape index (κ2) is 7.89. The van der Waals surface area contributed by atoms with Crippen LogP contribution in [0.1, 0.15) is 24.4 Å². The van der Waals surface area contributed by atoms with Gasteiger partial charge in [0.2, 0.25) is 0 Å². The number of nitrogen functional groups attached to an aromatic ring is 2. The molecule has 1 aliphatic carbocycles. The average molecular weight is 463 g/mol. The number of aromatic nitrogens is 4. The molecule has 0 spiro atoms. The van der Waals surface area contributed by atoms with Crippen LogP contribution in [0.25, 0.3) is 21.9 Å². The highest BCUT2D eigenvalue weighted by atomic mass is 35.5. The molecule has 0 radical (unpaired) electrons. The molecule has 0 aliphatic heterocycles. The van der Waals surface area contributed by atoms with E-state index in [2.05, 4.69) is 20.9 Å². The van der Waals surface area contributed by atoms with E-state index < -0.39 is 23.7 Å². The van der Waals surface area contributed by atoms with Gasteiger partial charge in [-0.2, -0.15) is 0 Å². The zero-order valence-corrected chi connectivity index (χ0v) is 18.4. The van der Waals surface area contributed by atoms with Crippen molar-refractivity contribution in [2.75, 3.05) is 11.5 Å². The number of fused-ring (bicyclic) bond motifs is 2. The van der Waals surface area contributed by atoms with Crippen molar-refractivity contribution in [1.82, 2.24) is 19.5 Å². The monoisotopic (exact) mass is 462 g/mol. The minimum atomic E-state index is -1.09. The maximum absolute atomic E-state index is 11.0. The highest BCUT2D eigenvalue weighted by molar-refractivity contribution is 6.33. The molecule has 3 aromatic heterocycles. The Balaban J connectivity index is 1.42. The third-order valence-electron chi connectivity index (χ3n) is 6.76. The second-order valence-electron chi connectivity index (χ2n) is 8.61. The number of hydrogen-bond acceptors (Lipinski definition) is 7. The van der Waals surface area contributed by atoms with Gasteiger partial charge in [-0.05, 0) is 43.0 Å². The molecule has 1 saturated carbocycles. The normalized spacial score (nSPS) is 25.0. The summed E-state index contributed by atoms with van der Waals surface area (Å²) in [4.78, 5) is 12.7. The molecular weight excluding hydrogens is 440 g/mol. The molecule has 1 aliphatic rings. The number of aliphatic hydroxyl groups excluding tert-OH is 2. The second-order valence-corrected chi connectivity index (χ2v) is 9.02. The lowest BCUT2D eigenvalue weighted by Gasteiger charge is -2.27. The number of aryl methyl sites for hydroxylation is 1. The third kappa shape index (κ3) is 3.45. The van der Waals surface area contributed by atoms with Gasteiger partial charge in [-0.1, -0.05) is 29.7 Å². The van der Waals surface area contributed by atoms with Gasteiger partial charge in [-0.3, -0.25) is 0 Å². The molecule has 8 nitrogen and oxygen atoms in total. The Morgan fingerprint density at radius 1 is 1.18 bits per heavy atom. The molecule has 4 atom stereocenters. The Labute approximate surface area is 195 Å². The number of anilines is 2. The van der Waals surface area contributed by atoms with Gasteiger partial charge in [-0.25, -0.2) is 15.0 Å². The predicted octanol–water partition coefficient (Wildman–Crippen LogP) is 2.72. The molecular formula is C24H23ClN6O2. The summed E-state index contributed by atoms with van der Waals surface area (Å²) >= 11 is 6.06. The molecule has 3 heterocycles. The zero-order chi connectivity index (χ0) is 23.3. The van der Waals surface area contributed by atoms with Crippen molar-refractivity contribution < 1.29 is 10.2 Å². The highest BCUT2D eigenvalue weighted by Gasteiger charge is 2.52. The minimum Gasteiger partial charge on any atom is -0.389 e. The van der Waals surface area contributed by atoms with E-state index in [1.807, 2.05) is 22.8 Å². The van der Waals surface area contributed by atoms with Gasteiger partial charge in [0, 0.05) is 11.6 Å². The Bertz CT molecular complexity index is 1410. The molecule has 168 valence electrons. The molecule has 1 aromatic carbocycles. The van der Waals surface area contributed by atoms with Crippen molar-refractivity contribution in [2.45, 2.75) is 37.5 Å². The van der Waals surface area contributed by atoms with Crippen molar-refractivity contribution >= 4 is 45.2 Å². The maximum Gasteiger partial charge on any atom is 0.145 e. The van der Waals surface area contributed by atoms with Crippen LogP contribution >= 0.6 is 11.6 Å². The number of terminal acetylenes is 1. The first-order valence-electron chi connectivity index (χ1n) is 10.6. The van der Waals surface area contributed by atoms with Gasteiger partial charge in [-0.15, -0.1) is 6.42 Å². The van der Waals surface area contributed by atoms with Crippen molar-refractivity contribution in [2.24, 2.45) is 5.41 Å². The van der Waals surface area contributed by atoms with E-state index in [0.717, 1.165) is 16.5 Å². The first-order valence-corrected chi connectivity index (χ1v) is 11.0. The largest absolute Gasteiger partial charge is 0.389 e. The predicted molar refractivity (Wildman–Crippen MR) is 128 cm³/mol. The van der Waals surface area contributed by atoms with E-state index in [-0.39, 0.29) is 5.82 Å². The van der Waals surface area contributed by atoms with Crippen molar-refractivity contribution in [3.63, 3.8) is 0 Å². The first-order chi connectivity index (χ1) is 15.8. The molecule has 5 rings (SSSR count). The number of hydrogen-bond donors (Lipinski definition) is 4. The topological polar surface area (TPSA) is 136 Å². The Kier molecular flexibility index (Phi) is 5.13. The van der Waals surface area contributed by atoms with Gasteiger partial charge in [0.05, 0.1) is 33.5 Å². The van der Waals surface area contributed by atoms with Crippen LogP contribution in [0, 0.1) is 17.8 Å². The van der Waals surface area contributed by atoms with Gasteiger partial charge in [0.1, 0.15) is 29.7 Å². The fourth-order valence-electron chi connectivity index (χ4n) is 4.86. The van der Waals surface area contributed by atoms with Crippen LogP contribution in [0.15, 0.2) is 42.9 Å². The highest BCUT2D eigenvalue weighted by Crippen LogP contribution is 2.48. The number of pyridine rings is 1. The first kappa shape index (κ1) is 21.5. The quantitative estimate of drug-likeness (QED) is 0.342. The SMILES string of the molecule is C#C[C@]1(CCc2ccc3cc(Cl)c(N)nc3c2)C[C@@H](n2ccc3c(N)ncnc32)[C@H](O)[C@@H]1O. The van der Waals surface area contributed by atoms with Gasteiger partial charge < -0.3 is 26.2 Å². The molecule has 0 unspecified atom stereocenters. The van der Waals surface area contributed by atoms with Crippen LogP contribution in [-0.4, -0.2) is 41.9 Å². The number of benzene rings is 1. The van der Waals surface area contributed by atoms with Crippen LogP contribution in [0.4, 0.5) is 11.6 Å². The van der Waals surface area contributed by atoms with Gasteiger partial charge >= 0.3 is 0 Å². The molecule has 0 saturated heterocycles. The number of nitrogens with zero attached hydrogens (tertiary/aromatic N) is 4. The van der Waals surface area contributed by atoms with Crippen molar-refractivity contribution in [1.29, 1.82) is 0 Å². The molecule has 1 fully saturated rings. The summed E-state index contributed by atoms with van der Waals surface area (Å²) < 4.78 is 1.83. The third-order valence-corrected chi connectivity index (χ3v) is 7.07. The molecule has 33 heavy (non-hydrogen) atoms.